The second-order valence-electron chi connectivity index (χ2n) is 9.38. The summed E-state index contributed by atoms with van der Waals surface area (Å²) in [6.45, 7) is 4.70. The third-order valence-corrected chi connectivity index (χ3v) is 7.12. The zero-order valence-electron chi connectivity index (χ0n) is 21.0. The number of piperidine rings is 1. The van der Waals surface area contributed by atoms with Crippen LogP contribution in [-0.2, 0) is 5.60 Å². The van der Waals surface area contributed by atoms with Gasteiger partial charge in [-0.05, 0) is 86.7 Å². The predicted molar refractivity (Wildman–Crippen MR) is 138 cm³/mol. The van der Waals surface area contributed by atoms with Crippen LogP contribution >= 0.6 is 0 Å². The Morgan fingerprint density at radius 2 is 1.67 bits per heavy atom. The van der Waals surface area contributed by atoms with E-state index in [1.807, 2.05) is 30.3 Å². The first-order valence-corrected chi connectivity index (χ1v) is 12.5. The molecule has 3 aromatic carbocycles. The summed E-state index contributed by atoms with van der Waals surface area (Å²) in [5.74, 6) is 0.903. The van der Waals surface area contributed by atoms with Gasteiger partial charge in [-0.15, -0.1) is 0 Å². The van der Waals surface area contributed by atoms with Gasteiger partial charge in [0.15, 0.2) is 17.3 Å². The van der Waals surface area contributed by atoms with Crippen LogP contribution in [0.25, 0.3) is 0 Å². The summed E-state index contributed by atoms with van der Waals surface area (Å²) < 4.78 is 24.9. The summed E-state index contributed by atoms with van der Waals surface area (Å²) in [6.07, 6.45) is 2.52. The Balaban J connectivity index is 1.33. The van der Waals surface area contributed by atoms with Crippen LogP contribution in [0.15, 0.2) is 72.8 Å². The third-order valence-electron chi connectivity index (χ3n) is 7.12. The van der Waals surface area contributed by atoms with E-state index in [-0.39, 0.29) is 17.5 Å². The number of carbonyl (C=O) groups excluding carboxylic acids is 1. The molecule has 1 atom stereocenters. The molecule has 1 saturated heterocycles. The van der Waals surface area contributed by atoms with Crippen LogP contribution in [0.4, 0.5) is 4.39 Å². The Labute approximate surface area is 212 Å². The molecule has 190 valence electrons. The largest absolute Gasteiger partial charge is 0.493 e. The molecule has 0 radical (unpaired) electrons. The third kappa shape index (κ3) is 5.77. The number of hydrogen-bond donors (Lipinski definition) is 1. The lowest BCUT2D eigenvalue weighted by Crippen LogP contribution is -2.44. The van der Waals surface area contributed by atoms with Gasteiger partial charge in [0.05, 0.1) is 13.7 Å². The van der Waals surface area contributed by atoms with Gasteiger partial charge >= 0.3 is 0 Å². The van der Waals surface area contributed by atoms with Crippen molar-refractivity contribution in [2.45, 2.75) is 31.8 Å². The number of carbonyl (C=O) groups is 1. The molecule has 0 aliphatic carbocycles. The van der Waals surface area contributed by atoms with E-state index < -0.39 is 5.60 Å². The monoisotopic (exact) mass is 491 g/mol. The normalized spacial score (nSPS) is 16.3. The zero-order valence-corrected chi connectivity index (χ0v) is 21.0. The first-order chi connectivity index (χ1) is 17.4. The zero-order chi connectivity index (χ0) is 25.5. The number of aliphatic hydroxyl groups is 1. The second kappa shape index (κ2) is 11.7. The fourth-order valence-electron chi connectivity index (χ4n) is 5.08. The van der Waals surface area contributed by atoms with Crippen molar-refractivity contribution in [1.82, 2.24) is 4.90 Å². The lowest BCUT2D eigenvalue weighted by atomic mass is 9.72. The maximum atomic E-state index is 13.6. The average molecular weight is 492 g/mol. The molecule has 1 unspecified atom stereocenters. The Bertz CT molecular complexity index is 1140. The lowest BCUT2D eigenvalue weighted by molar-refractivity contribution is -0.0146. The van der Waals surface area contributed by atoms with Crippen molar-refractivity contribution in [2.24, 2.45) is 5.92 Å². The van der Waals surface area contributed by atoms with E-state index in [9.17, 15) is 14.3 Å². The number of rotatable bonds is 10. The molecule has 3 aromatic rings. The van der Waals surface area contributed by atoms with Gasteiger partial charge in [0.25, 0.3) is 0 Å². The molecule has 0 aromatic heterocycles. The molecular weight excluding hydrogens is 457 g/mol. The molecule has 1 N–H and O–H groups in total. The van der Waals surface area contributed by atoms with E-state index in [4.69, 9.17) is 9.47 Å². The van der Waals surface area contributed by atoms with E-state index in [0.29, 0.717) is 23.7 Å². The van der Waals surface area contributed by atoms with Crippen LogP contribution in [0.1, 0.15) is 47.7 Å². The van der Waals surface area contributed by atoms with Crippen molar-refractivity contribution >= 4 is 5.78 Å². The van der Waals surface area contributed by atoms with Crippen molar-refractivity contribution < 1.29 is 23.8 Å². The Hall–Kier alpha value is -3.22. The molecule has 0 amide bonds. The summed E-state index contributed by atoms with van der Waals surface area (Å²) >= 11 is 0. The summed E-state index contributed by atoms with van der Waals surface area (Å²) in [5, 5.41) is 12.0. The molecule has 1 fully saturated rings. The quantitative estimate of drug-likeness (QED) is 0.302. The van der Waals surface area contributed by atoms with Crippen LogP contribution < -0.4 is 9.47 Å². The number of ether oxygens (including phenoxy) is 2. The van der Waals surface area contributed by atoms with Crippen LogP contribution in [0.3, 0.4) is 0 Å². The van der Waals surface area contributed by atoms with Crippen LogP contribution in [-0.4, -0.2) is 49.1 Å². The fraction of sp³-hybridized carbons (Fsp3) is 0.367. The van der Waals surface area contributed by atoms with E-state index in [0.717, 1.165) is 50.0 Å². The topological polar surface area (TPSA) is 59.0 Å². The highest BCUT2D eigenvalue weighted by Crippen LogP contribution is 2.42. The highest BCUT2D eigenvalue weighted by atomic mass is 19.1. The molecule has 6 heteroatoms. The minimum absolute atomic E-state index is 0.0122. The van der Waals surface area contributed by atoms with Crippen LogP contribution in [0.2, 0.25) is 0 Å². The Morgan fingerprint density at radius 3 is 2.31 bits per heavy atom. The van der Waals surface area contributed by atoms with Gasteiger partial charge in [0.1, 0.15) is 11.4 Å². The van der Waals surface area contributed by atoms with E-state index >= 15 is 0 Å². The molecule has 0 spiro atoms. The second-order valence-corrected chi connectivity index (χ2v) is 9.38. The lowest BCUT2D eigenvalue weighted by Gasteiger charge is -2.42. The van der Waals surface area contributed by atoms with Crippen molar-refractivity contribution in [3.8, 4) is 11.5 Å². The fourth-order valence-corrected chi connectivity index (χ4v) is 5.08. The highest BCUT2D eigenvalue weighted by molar-refractivity contribution is 5.94. The van der Waals surface area contributed by atoms with Gasteiger partial charge in [-0.3, -0.25) is 4.79 Å². The summed E-state index contributed by atoms with van der Waals surface area (Å²) in [6, 6.07) is 21.2. The molecule has 36 heavy (non-hydrogen) atoms. The number of ketones is 1. The highest BCUT2D eigenvalue weighted by Gasteiger charge is 2.41. The maximum Gasteiger partial charge on any atom is 0.161 e. The average Bonchev–Trinajstić information content (AvgIpc) is 2.91. The summed E-state index contributed by atoms with van der Waals surface area (Å²) in [7, 11) is 1.57. The van der Waals surface area contributed by atoms with Gasteiger partial charge in [0, 0.05) is 12.1 Å². The Kier molecular flexibility index (Phi) is 8.39. The van der Waals surface area contributed by atoms with E-state index in [2.05, 4.69) is 4.90 Å². The Morgan fingerprint density at radius 1 is 1.00 bits per heavy atom. The number of likely N-dealkylation sites (tertiary alicyclic amines) is 1. The minimum atomic E-state index is -1.16. The van der Waals surface area contributed by atoms with Crippen LogP contribution in [0.5, 0.6) is 11.5 Å². The molecule has 4 rings (SSSR count). The first-order valence-electron chi connectivity index (χ1n) is 12.5. The number of benzene rings is 3. The van der Waals surface area contributed by atoms with Crippen molar-refractivity contribution in [3.05, 3.63) is 95.3 Å². The van der Waals surface area contributed by atoms with Crippen molar-refractivity contribution in [2.75, 3.05) is 33.4 Å². The molecular formula is C30H34FNO4. The SMILES string of the molecule is COc1cc(C(C)=O)ccc1OCCCN1CCC(C(O)(c2ccccc2)c2ccc(F)cc2)CC1. The van der Waals surface area contributed by atoms with Gasteiger partial charge in [-0.25, -0.2) is 4.39 Å². The molecule has 1 aliphatic heterocycles. The first kappa shape index (κ1) is 25.9. The number of halogens is 1. The van der Waals surface area contributed by atoms with Gasteiger partial charge in [-0.2, -0.15) is 0 Å². The van der Waals surface area contributed by atoms with Gasteiger partial charge in [0.2, 0.25) is 0 Å². The molecule has 1 heterocycles. The summed E-state index contributed by atoms with van der Waals surface area (Å²) in [5.41, 5.74) is 1.00. The van der Waals surface area contributed by atoms with Crippen molar-refractivity contribution in [3.63, 3.8) is 0 Å². The number of nitrogens with zero attached hydrogens (tertiary/aromatic N) is 1. The van der Waals surface area contributed by atoms with Crippen molar-refractivity contribution in [1.29, 1.82) is 0 Å². The molecule has 1 aliphatic rings. The van der Waals surface area contributed by atoms with E-state index in [1.165, 1.54) is 19.1 Å². The van der Waals surface area contributed by atoms with Crippen LogP contribution in [0, 0.1) is 11.7 Å². The molecule has 0 saturated carbocycles. The standard InChI is InChI=1S/C30H34FNO4/c1-22(33)23-9-14-28(29(21-23)35-2)36-20-6-17-32-18-15-26(16-19-32)30(34,24-7-4-3-5-8-24)25-10-12-27(31)13-11-25/h3-5,7-14,21,26,34H,6,15-20H2,1-2H3. The van der Waals surface area contributed by atoms with E-state index in [1.54, 1.807) is 37.4 Å². The smallest absolute Gasteiger partial charge is 0.161 e. The minimum Gasteiger partial charge on any atom is -0.493 e. The summed E-state index contributed by atoms with van der Waals surface area (Å²) in [4.78, 5) is 14.0. The maximum absolute atomic E-state index is 13.6. The van der Waals surface area contributed by atoms with Gasteiger partial charge in [-0.1, -0.05) is 42.5 Å². The predicted octanol–water partition coefficient (Wildman–Crippen LogP) is 5.45. The number of Topliss-reactive ketones (excluding diaryl/α,β-unsaturated/α-hetero) is 1. The number of hydrogen-bond acceptors (Lipinski definition) is 5. The number of methoxy groups -OCH3 is 1. The molecule has 5 nitrogen and oxygen atoms in total. The van der Waals surface area contributed by atoms with Gasteiger partial charge < -0.3 is 19.5 Å². The molecule has 0 bridgehead atoms.